The molecule has 0 radical (unpaired) electrons. The van der Waals surface area contributed by atoms with Crippen LogP contribution in [0.25, 0.3) is 0 Å². The predicted octanol–water partition coefficient (Wildman–Crippen LogP) is 4.21. The second-order valence-corrected chi connectivity index (χ2v) is 5.14. The molecule has 1 aromatic rings. The number of alkyl halides is 3. The summed E-state index contributed by atoms with van der Waals surface area (Å²) >= 11 is 3.15. The standard InChI is InChI=1S/C13H16BrF4N3.HI/c1-2-19-12(20-6-5-13(16,17)18)21-8-9-3-4-10(14)7-11(9)15;/h3-4,7H,2,5-6,8H2,1H3,(H2,19,20,21);1H. The van der Waals surface area contributed by atoms with Crippen LogP contribution in [0.2, 0.25) is 0 Å². The average molecular weight is 498 g/mol. The number of aliphatic imine (C=N–C) groups is 1. The number of rotatable bonds is 5. The van der Waals surface area contributed by atoms with Crippen LogP contribution in [0, 0.1) is 5.82 Å². The zero-order valence-corrected chi connectivity index (χ0v) is 15.7. The van der Waals surface area contributed by atoms with Crippen LogP contribution in [-0.2, 0) is 6.54 Å². The van der Waals surface area contributed by atoms with Crippen LogP contribution in [0.5, 0.6) is 0 Å². The lowest BCUT2D eigenvalue weighted by atomic mass is 10.2. The molecular formula is C13H17BrF4IN3. The highest BCUT2D eigenvalue weighted by atomic mass is 127. The van der Waals surface area contributed by atoms with Gasteiger partial charge in [-0.2, -0.15) is 13.2 Å². The fourth-order valence-corrected chi connectivity index (χ4v) is 1.81. The van der Waals surface area contributed by atoms with Gasteiger partial charge in [-0.15, -0.1) is 24.0 Å². The fraction of sp³-hybridized carbons (Fsp3) is 0.462. The molecule has 2 N–H and O–H groups in total. The molecule has 1 aromatic carbocycles. The van der Waals surface area contributed by atoms with E-state index in [1.54, 1.807) is 19.1 Å². The van der Waals surface area contributed by atoms with Crippen molar-refractivity contribution in [2.45, 2.75) is 26.1 Å². The summed E-state index contributed by atoms with van der Waals surface area (Å²) in [6, 6.07) is 4.56. The van der Waals surface area contributed by atoms with Gasteiger partial charge in [-0.25, -0.2) is 9.38 Å². The quantitative estimate of drug-likeness (QED) is 0.277. The van der Waals surface area contributed by atoms with Crippen molar-refractivity contribution >= 4 is 45.9 Å². The van der Waals surface area contributed by atoms with E-state index in [1.165, 1.54) is 6.07 Å². The Bertz CT molecular complexity index is 495. The van der Waals surface area contributed by atoms with Crippen molar-refractivity contribution in [2.24, 2.45) is 4.99 Å². The molecule has 0 atom stereocenters. The van der Waals surface area contributed by atoms with E-state index in [2.05, 4.69) is 31.6 Å². The van der Waals surface area contributed by atoms with Crippen LogP contribution in [0.3, 0.4) is 0 Å². The topological polar surface area (TPSA) is 36.4 Å². The van der Waals surface area contributed by atoms with Gasteiger partial charge in [-0.1, -0.05) is 22.0 Å². The largest absolute Gasteiger partial charge is 0.390 e. The number of halogens is 6. The van der Waals surface area contributed by atoms with Crippen LogP contribution in [0.15, 0.2) is 27.7 Å². The lowest BCUT2D eigenvalue weighted by Gasteiger charge is -2.12. The minimum Gasteiger partial charge on any atom is -0.357 e. The monoisotopic (exact) mass is 497 g/mol. The molecule has 0 heterocycles. The van der Waals surface area contributed by atoms with E-state index in [9.17, 15) is 17.6 Å². The smallest absolute Gasteiger partial charge is 0.357 e. The summed E-state index contributed by atoms with van der Waals surface area (Å²) in [5.74, 6) is -0.191. The van der Waals surface area contributed by atoms with Gasteiger partial charge < -0.3 is 10.6 Å². The van der Waals surface area contributed by atoms with E-state index >= 15 is 0 Å². The number of hydrogen-bond donors (Lipinski definition) is 2. The first kappa shape index (κ1) is 21.4. The van der Waals surface area contributed by atoms with Gasteiger partial charge in [0.25, 0.3) is 0 Å². The van der Waals surface area contributed by atoms with Crippen molar-refractivity contribution in [3.05, 3.63) is 34.1 Å². The zero-order valence-electron chi connectivity index (χ0n) is 11.8. The maximum Gasteiger partial charge on any atom is 0.390 e. The molecule has 0 aliphatic rings. The fourth-order valence-electron chi connectivity index (χ4n) is 1.48. The van der Waals surface area contributed by atoms with E-state index in [0.717, 1.165) is 0 Å². The van der Waals surface area contributed by atoms with Gasteiger partial charge in [0.2, 0.25) is 0 Å². The number of benzene rings is 1. The van der Waals surface area contributed by atoms with Crippen molar-refractivity contribution in [3.8, 4) is 0 Å². The molecule has 0 aromatic heterocycles. The molecule has 0 bridgehead atoms. The Kier molecular flexibility index (Phi) is 9.97. The summed E-state index contributed by atoms with van der Waals surface area (Å²) < 4.78 is 50.5. The average Bonchev–Trinajstić information content (AvgIpc) is 2.36. The molecule has 22 heavy (non-hydrogen) atoms. The van der Waals surface area contributed by atoms with Crippen LogP contribution in [-0.4, -0.2) is 25.2 Å². The second-order valence-electron chi connectivity index (χ2n) is 4.22. The molecule has 0 amide bonds. The molecule has 0 aliphatic carbocycles. The summed E-state index contributed by atoms with van der Waals surface area (Å²) in [5, 5.41) is 5.38. The molecule has 0 fully saturated rings. The summed E-state index contributed by atoms with van der Waals surface area (Å²) in [6.07, 6.45) is -5.17. The lowest BCUT2D eigenvalue weighted by Crippen LogP contribution is -2.38. The molecule has 0 unspecified atom stereocenters. The molecular weight excluding hydrogens is 481 g/mol. The first-order chi connectivity index (χ1) is 9.81. The van der Waals surface area contributed by atoms with Gasteiger partial charge in [-0.05, 0) is 19.1 Å². The van der Waals surface area contributed by atoms with Gasteiger partial charge in [0.15, 0.2) is 5.96 Å². The number of nitrogens with zero attached hydrogens (tertiary/aromatic N) is 1. The first-order valence-electron chi connectivity index (χ1n) is 6.34. The molecule has 0 spiro atoms. The Morgan fingerprint density at radius 3 is 2.50 bits per heavy atom. The molecule has 3 nitrogen and oxygen atoms in total. The van der Waals surface area contributed by atoms with E-state index < -0.39 is 18.4 Å². The molecule has 0 saturated carbocycles. The summed E-state index contributed by atoms with van der Waals surface area (Å²) in [6.45, 7) is 2.06. The van der Waals surface area contributed by atoms with Crippen molar-refractivity contribution in [2.75, 3.05) is 13.1 Å². The normalized spacial score (nSPS) is 11.8. The number of guanidine groups is 1. The third kappa shape index (κ3) is 8.76. The zero-order chi connectivity index (χ0) is 15.9. The predicted molar refractivity (Wildman–Crippen MR) is 93.0 cm³/mol. The minimum atomic E-state index is -4.22. The molecule has 9 heteroatoms. The highest BCUT2D eigenvalue weighted by Crippen LogP contribution is 2.18. The molecule has 0 aliphatic heterocycles. The Hall–Kier alpha value is -0.580. The van der Waals surface area contributed by atoms with E-state index in [1.807, 2.05) is 0 Å². The van der Waals surface area contributed by atoms with Crippen LogP contribution in [0.4, 0.5) is 17.6 Å². The van der Waals surface area contributed by atoms with Gasteiger partial charge in [0.05, 0.1) is 13.0 Å². The van der Waals surface area contributed by atoms with E-state index in [4.69, 9.17) is 0 Å². The van der Waals surface area contributed by atoms with Crippen LogP contribution in [0.1, 0.15) is 18.9 Å². The number of nitrogens with one attached hydrogen (secondary N) is 2. The van der Waals surface area contributed by atoms with Crippen molar-refractivity contribution in [1.29, 1.82) is 0 Å². The van der Waals surface area contributed by atoms with Gasteiger partial charge in [0, 0.05) is 23.1 Å². The van der Waals surface area contributed by atoms with E-state index in [0.29, 0.717) is 16.6 Å². The summed E-state index contributed by atoms with van der Waals surface area (Å²) in [7, 11) is 0. The van der Waals surface area contributed by atoms with Gasteiger partial charge in [0.1, 0.15) is 5.82 Å². The summed E-state index contributed by atoms with van der Waals surface area (Å²) in [4.78, 5) is 4.07. The van der Waals surface area contributed by atoms with Crippen molar-refractivity contribution in [1.82, 2.24) is 10.6 Å². The van der Waals surface area contributed by atoms with Gasteiger partial charge >= 0.3 is 6.18 Å². The molecule has 0 saturated heterocycles. The molecule has 126 valence electrons. The third-order valence-corrected chi connectivity index (χ3v) is 2.96. The third-order valence-electron chi connectivity index (χ3n) is 2.47. The SMILES string of the molecule is CCNC(=NCc1ccc(Br)cc1F)NCCC(F)(F)F.I. The highest BCUT2D eigenvalue weighted by Gasteiger charge is 2.26. The summed E-state index contributed by atoms with van der Waals surface area (Å²) in [5.41, 5.74) is 0.367. The maximum atomic E-state index is 13.6. The van der Waals surface area contributed by atoms with E-state index in [-0.39, 0.29) is 43.0 Å². The highest BCUT2D eigenvalue weighted by molar-refractivity contribution is 14.0. The first-order valence-corrected chi connectivity index (χ1v) is 7.14. The van der Waals surface area contributed by atoms with Gasteiger partial charge in [-0.3, -0.25) is 0 Å². The van der Waals surface area contributed by atoms with Crippen LogP contribution >= 0.6 is 39.9 Å². The second kappa shape index (κ2) is 10.2. The maximum absolute atomic E-state index is 13.6. The Labute approximate surface area is 152 Å². The minimum absolute atomic E-state index is 0. The lowest BCUT2D eigenvalue weighted by molar-refractivity contribution is -0.132. The Morgan fingerprint density at radius 2 is 1.95 bits per heavy atom. The Morgan fingerprint density at radius 1 is 1.27 bits per heavy atom. The Balaban J connectivity index is 0.00000441. The molecule has 1 rings (SSSR count). The van der Waals surface area contributed by atoms with Crippen molar-refractivity contribution in [3.63, 3.8) is 0 Å². The van der Waals surface area contributed by atoms with Crippen LogP contribution < -0.4 is 10.6 Å². The number of hydrogen-bond acceptors (Lipinski definition) is 1. The van der Waals surface area contributed by atoms with Crippen molar-refractivity contribution < 1.29 is 17.6 Å².